The summed E-state index contributed by atoms with van der Waals surface area (Å²) in [6.45, 7) is 2.46. The van der Waals surface area contributed by atoms with Gasteiger partial charge in [0.25, 0.3) is 0 Å². The van der Waals surface area contributed by atoms with E-state index in [2.05, 4.69) is 5.32 Å². The first kappa shape index (κ1) is 14.9. The lowest BCUT2D eigenvalue weighted by Gasteiger charge is -2.29. The third-order valence-corrected chi connectivity index (χ3v) is 6.14. The minimum Gasteiger partial charge on any atom is -0.316 e. The van der Waals surface area contributed by atoms with Crippen molar-refractivity contribution >= 4 is 10.0 Å². The topological polar surface area (TPSA) is 49.4 Å². The zero-order valence-electron chi connectivity index (χ0n) is 12.0. The van der Waals surface area contributed by atoms with Crippen LogP contribution < -0.4 is 5.32 Å². The molecule has 1 saturated heterocycles. The van der Waals surface area contributed by atoms with E-state index >= 15 is 0 Å². The summed E-state index contributed by atoms with van der Waals surface area (Å²) in [6, 6.07) is 5.26. The molecule has 0 radical (unpaired) electrons. The molecule has 1 atom stereocenters. The second-order valence-corrected chi connectivity index (χ2v) is 7.86. The first-order valence-electron chi connectivity index (χ1n) is 7.55. The van der Waals surface area contributed by atoms with E-state index < -0.39 is 15.8 Å². The Balaban J connectivity index is 1.80. The van der Waals surface area contributed by atoms with Gasteiger partial charge in [-0.15, -0.1) is 0 Å². The summed E-state index contributed by atoms with van der Waals surface area (Å²) in [5.41, 5.74) is 0. The Morgan fingerprint density at radius 2 is 1.90 bits per heavy atom. The number of rotatable bonds is 5. The van der Waals surface area contributed by atoms with Crippen LogP contribution in [0.1, 0.15) is 25.7 Å². The summed E-state index contributed by atoms with van der Waals surface area (Å²) in [4.78, 5) is 0.194. The van der Waals surface area contributed by atoms with Crippen LogP contribution in [0.25, 0.3) is 0 Å². The van der Waals surface area contributed by atoms with Crippen molar-refractivity contribution < 1.29 is 12.8 Å². The van der Waals surface area contributed by atoms with Gasteiger partial charge in [0.1, 0.15) is 5.82 Å². The number of hydrogen-bond acceptors (Lipinski definition) is 3. The summed E-state index contributed by atoms with van der Waals surface area (Å²) in [6.07, 6.45) is 4.02. The minimum absolute atomic E-state index is 0.127. The molecule has 1 aliphatic carbocycles. The molecule has 116 valence electrons. The third-order valence-electron chi connectivity index (χ3n) is 4.21. The number of sulfonamides is 1. The van der Waals surface area contributed by atoms with Gasteiger partial charge in [0.2, 0.25) is 10.0 Å². The smallest absolute Gasteiger partial charge is 0.243 e. The molecule has 1 aliphatic heterocycles. The molecule has 2 fully saturated rings. The predicted molar refractivity (Wildman–Crippen MR) is 78.9 cm³/mol. The lowest BCUT2D eigenvalue weighted by molar-refractivity contribution is 0.286. The molecule has 1 heterocycles. The second kappa shape index (κ2) is 6.02. The maximum Gasteiger partial charge on any atom is 0.243 e. The zero-order valence-corrected chi connectivity index (χ0v) is 12.8. The standard InChI is InChI=1S/C15H21FN2O2S/c16-13-3-7-15(8-4-13)21(19,20)18(14-5-6-14)11-12-2-1-9-17-10-12/h3-4,7-8,12,14,17H,1-2,5-6,9-11H2. The van der Waals surface area contributed by atoms with Crippen LogP contribution in [0.4, 0.5) is 4.39 Å². The molecule has 1 unspecified atom stereocenters. The number of piperidine rings is 1. The van der Waals surface area contributed by atoms with Crippen molar-refractivity contribution in [2.75, 3.05) is 19.6 Å². The Morgan fingerprint density at radius 3 is 2.48 bits per heavy atom. The Morgan fingerprint density at radius 1 is 1.19 bits per heavy atom. The van der Waals surface area contributed by atoms with Gasteiger partial charge in [-0.1, -0.05) is 0 Å². The molecule has 21 heavy (non-hydrogen) atoms. The Hall–Kier alpha value is -0.980. The quantitative estimate of drug-likeness (QED) is 0.904. The van der Waals surface area contributed by atoms with Crippen molar-refractivity contribution in [2.45, 2.75) is 36.6 Å². The van der Waals surface area contributed by atoms with Crippen molar-refractivity contribution in [1.29, 1.82) is 0 Å². The fraction of sp³-hybridized carbons (Fsp3) is 0.600. The van der Waals surface area contributed by atoms with Crippen LogP contribution in [0.3, 0.4) is 0 Å². The van der Waals surface area contributed by atoms with Gasteiger partial charge in [-0.05, 0) is 69.0 Å². The molecule has 3 rings (SSSR count). The molecule has 2 aliphatic rings. The van der Waals surface area contributed by atoms with Crippen LogP contribution in [0.2, 0.25) is 0 Å². The first-order chi connectivity index (χ1) is 10.1. The molecule has 4 nitrogen and oxygen atoms in total. The maximum atomic E-state index is 13.0. The fourth-order valence-electron chi connectivity index (χ4n) is 2.88. The minimum atomic E-state index is -3.52. The number of nitrogens with one attached hydrogen (secondary N) is 1. The van der Waals surface area contributed by atoms with Gasteiger partial charge in [0.05, 0.1) is 4.90 Å². The average Bonchev–Trinajstić information content (AvgIpc) is 3.31. The SMILES string of the molecule is O=S(=O)(c1ccc(F)cc1)N(CC1CCCNC1)C1CC1. The highest BCUT2D eigenvalue weighted by Gasteiger charge is 2.39. The molecule has 1 aromatic rings. The number of hydrogen-bond donors (Lipinski definition) is 1. The van der Waals surface area contributed by atoms with Crippen molar-refractivity contribution in [3.05, 3.63) is 30.1 Å². The van der Waals surface area contributed by atoms with E-state index in [0.717, 1.165) is 38.8 Å². The van der Waals surface area contributed by atoms with E-state index in [9.17, 15) is 12.8 Å². The van der Waals surface area contributed by atoms with Gasteiger partial charge in [0, 0.05) is 12.6 Å². The lowest BCUT2D eigenvalue weighted by Crippen LogP contribution is -2.42. The van der Waals surface area contributed by atoms with Crippen LogP contribution >= 0.6 is 0 Å². The summed E-state index contributed by atoms with van der Waals surface area (Å²) >= 11 is 0. The monoisotopic (exact) mass is 312 g/mol. The van der Waals surface area contributed by atoms with Crippen LogP contribution in [0.5, 0.6) is 0 Å². The fourth-order valence-corrected chi connectivity index (χ4v) is 4.64. The normalized spacial score (nSPS) is 23.4. The molecular formula is C15H21FN2O2S. The predicted octanol–water partition coefficient (Wildman–Crippen LogP) is 1.98. The van der Waals surface area contributed by atoms with Gasteiger partial charge in [0.15, 0.2) is 0 Å². The molecule has 1 N–H and O–H groups in total. The van der Waals surface area contributed by atoms with E-state index in [-0.39, 0.29) is 10.9 Å². The molecule has 0 amide bonds. The van der Waals surface area contributed by atoms with Crippen LogP contribution in [0, 0.1) is 11.7 Å². The van der Waals surface area contributed by atoms with Crippen LogP contribution in [0.15, 0.2) is 29.2 Å². The number of halogens is 1. The molecule has 1 saturated carbocycles. The van der Waals surface area contributed by atoms with Gasteiger partial charge < -0.3 is 5.32 Å². The van der Waals surface area contributed by atoms with Crippen molar-refractivity contribution in [1.82, 2.24) is 9.62 Å². The van der Waals surface area contributed by atoms with E-state index in [4.69, 9.17) is 0 Å². The second-order valence-electron chi connectivity index (χ2n) is 5.97. The summed E-state index contributed by atoms with van der Waals surface area (Å²) in [7, 11) is -3.52. The lowest BCUT2D eigenvalue weighted by atomic mass is 10.00. The van der Waals surface area contributed by atoms with E-state index in [1.807, 2.05) is 0 Å². The summed E-state index contributed by atoms with van der Waals surface area (Å²) in [5.74, 6) is -0.0435. The Kier molecular flexibility index (Phi) is 4.28. The van der Waals surface area contributed by atoms with Gasteiger partial charge in [-0.3, -0.25) is 0 Å². The van der Waals surface area contributed by atoms with Crippen LogP contribution in [-0.2, 0) is 10.0 Å². The molecule has 0 bridgehead atoms. The Labute approximate surface area is 125 Å². The van der Waals surface area contributed by atoms with Crippen molar-refractivity contribution in [3.8, 4) is 0 Å². The summed E-state index contributed by atoms with van der Waals surface area (Å²) in [5, 5.41) is 3.33. The molecule has 6 heteroatoms. The first-order valence-corrected chi connectivity index (χ1v) is 8.99. The molecule has 1 aromatic carbocycles. The van der Waals surface area contributed by atoms with E-state index in [1.165, 1.54) is 24.3 Å². The highest BCUT2D eigenvalue weighted by Crippen LogP contribution is 2.33. The Bertz CT molecular complexity index is 578. The largest absolute Gasteiger partial charge is 0.316 e. The maximum absolute atomic E-state index is 13.0. The highest BCUT2D eigenvalue weighted by molar-refractivity contribution is 7.89. The zero-order chi connectivity index (χ0) is 14.9. The average molecular weight is 312 g/mol. The van der Waals surface area contributed by atoms with Gasteiger partial charge in [-0.25, -0.2) is 12.8 Å². The number of benzene rings is 1. The van der Waals surface area contributed by atoms with E-state index in [0.29, 0.717) is 12.5 Å². The number of nitrogens with zero attached hydrogens (tertiary/aromatic N) is 1. The molecule has 0 aromatic heterocycles. The molecule has 0 spiro atoms. The highest BCUT2D eigenvalue weighted by atomic mass is 32.2. The van der Waals surface area contributed by atoms with Gasteiger partial charge in [-0.2, -0.15) is 4.31 Å². The van der Waals surface area contributed by atoms with Gasteiger partial charge >= 0.3 is 0 Å². The van der Waals surface area contributed by atoms with Crippen molar-refractivity contribution in [3.63, 3.8) is 0 Å². The third kappa shape index (κ3) is 3.44. The van der Waals surface area contributed by atoms with E-state index in [1.54, 1.807) is 4.31 Å². The van der Waals surface area contributed by atoms with Crippen molar-refractivity contribution in [2.24, 2.45) is 5.92 Å². The van der Waals surface area contributed by atoms with Crippen LogP contribution in [-0.4, -0.2) is 38.4 Å². The molecular weight excluding hydrogens is 291 g/mol. The summed E-state index contributed by atoms with van der Waals surface area (Å²) < 4.78 is 40.2.